The van der Waals surface area contributed by atoms with E-state index in [1.165, 1.54) is 5.56 Å². The van der Waals surface area contributed by atoms with Gasteiger partial charge in [0.1, 0.15) is 5.75 Å². The van der Waals surface area contributed by atoms with Crippen molar-refractivity contribution < 1.29 is 13.9 Å². The predicted octanol–water partition coefficient (Wildman–Crippen LogP) is 4.31. The van der Waals surface area contributed by atoms with Gasteiger partial charge in [0.2, 0.25) is 0 Å². The summed E-state index contributed by atoms with van der Waals surface area (Å²) in [5.41, 5.74) is 2.26. The summed E-state index contributed by atoms with van der Waals surface area (Å²) < 4.78 is 17.3. The lowest BCUT2D eigenvalue weighted by Crippen LogP contribution is -2.30. The number of nitrogens with zero attached hydrogens (tertiary/aromatic N) is 2. The Morgan fingerprint density at radius 1 is 1.17 bits per heavy atom. The molecule has 1 fully saturated rings. The smallest absolute Gasteiger partial charge is 0.276 e. The molecule has 1 aliphatic heterocycles. The molecule has 2 heterocycles. The zero-order chi connectivity index (χ0) is 17.1. The van der Waals surface area contributed by atoms with Crippen molar-refractivity contribution in [3.8, 4) is 5.75 Å². The van der Waals surface area contributed by atoms with E-state index >= 15 is 0 Å². The minimum absolute atomic E-state index is 0.279. The van der Waals surface area contributed by atoms with Gasteiger partial charge in [0.15, 0.2) is 6.61 Å². The number of aryl methyl sites for hydroxylation is 2. The molecule has 0 N–H and O–H groups in total. The van der Waals surface area contributed by atoms with E-state index in [9.17, 15) is 0 Å². The molecule has 0 saturated carbocycles. The van der Waals surface area contributed by atoms with E-state index in [-0.39, 0.29) is 12.2 Å². The number of aromatic nitrogens is 2. The van der Waals surface area contributed by atoms with E-state index in [0.29, 0.717) is 23.0 Å². The van der Waals surface area contributed by atoms with Gasteiger partial charge in [-0.3, -0.25) is 0 Å². The van der Waals surface area contributed by atoms with Crippen molar-refractivity contribution in [3.05, 3.63) is 35.2 Å². The lowest BCUT2D eigenvalue weighted by Gasteiger charge is -2.30. The highest BCUT2D eigenvalue weighted by molar-refractivity contribution is 7.99. The van der Waals surface area contributed by atoms with Crippen LogP contribution in [0.1, 0.15) is 43.7 Å². The molecule has 5 nitrogen and oxygen atoms in total. The molecule has 6 heteroatoms. The lowest BCUT2D eigenvalue weighted by molar-refractivity contribution is -0.0265. The summed E-state index contributed by atoms with van der Waals surface area (Å²) in [6, 6.07) is 6.14. The molecule has 2 aromatic rings. The van der Waals surface area contributed by atoms with E-state index in [2.05, 4.69) is 30.1 Å². The van der Waals surface area contributed by atoms with Crippen molar-refractivity contribution in [2.24, 2.45) is 0 Å². The summed E-state index contributed by atoms with van der Waals surface area (Å²) >= 11 is 1.64. The van der Waals surface area contributed by atoms with Crippen molar-refractivity contribution >= 4 is 11.8 Å². The lowest BCUT2D eigenvalue weighted by atomic mass is 10.1. The fourth-order valence-corrected chi connectivity index (χ4v) is 4.18. The maximum atomic E-state index is 5.82. The van der Waals surface area contributed by atoms with Crippen LogP contribution in [0.3, 0.4) is 0 Å². The van der Waals surface area contributed by atoms with E-state index < -0.39 is 0 Å². The average Bonchev–Trinajstić information content (AvgIpc) is 2.94. The number of ether oxygens (including phenoxy) is 2. The van der Waals surface area contributed by atoms with Crippen molar-refractivity contribution in [2.75, 3.05) is 0 Å². The van der Waals surface area contributed by atoms with Gasteiger partial charge < -0.3 is 13.9 Å². The fourth-order valence-electron chi connectivity index (χ4n) is 2.93. The van der Waals surface area contributed by atoms with Gasteiger partial charge >= 0.3 is 0 Å². The van der Waals surface area contributed by atoms with Crippen molar-refractivity contribution in [1.82, 2.24) is 10.2 Å². The quantitative estimate of drug-likeness (QED) is 0.802. The summed E-state index contributed by atoms with van der Waals surface area (Å²) in [5.74, 6) is 1.36. The SMILES string of the molecule is Cc1ccc(C)c(OCc2nnc(SC3C[C@@H](C)O[C@H](C)C3)o2)c1. The van der Waals surface area contributed by atoms with Crippen molar-refractivity contribution in [1.29, 1.82) is 0 Å². The highest BCUT2D eigenvalue weighted by Gasteiger charge is 2.26. The monoisotopic (exact) mass is 348 g/mol. The number of hydrogen-bond donors (Lipinski definition) is 0. The van der Waals surface area contributed by atoms with E-state index in [1.54, 1.807) is 11.8 Å². The van der Waals surface area contributed by atoms with E-state index in [4.69, 9.17) is 13.9 Å². The largest absolute Gasteiger partial charge is 0.484 e. The molecule has 1 saturated heterocycles. The first-order chi connectivity index (χ1) is 11.5. The number of benzene rings is 1. The minimum atomic E-state index is 0.279. The third-order valence-corrected chi connectivity index (χ3v) is 5.15. The molecule has 1 aromatic heterocycles. The van der Waals surface area contributed by atoms with Gasteiger partial charge in [0.05, 0.1) is 12.2 Å². The number of rotatable bonds is 5. The topological polar surface area (TPSA) is 57.4 Å². The van der Waals surface area contributed by atoms with Crippen LogP contribution in [0.5, 0.6) is 5.75 Å². The molecule has 0 unspecified atom stereocenters. The molecule has 0 amide bonds. The van der Waals surface area contributed by atoms with Gasteiger partial charge in [0, 0.05) is 5.25 Å². The molecule has 3 rings (SSSR count). The molecule has 0 bridgehead atoms. The second-order valence-corrected chi connectivity index (χ2v) is 7.74. The van der Waals surface area contributed by atoms with Crippen LogP contribution in [0.2, 0.25) is 0 Å². The summed E-state index contributed by atoms with van der Waals surface area (Å²) in [6.45, 7) is 8.58. The van der Waals surface area contributed by atoms with Crippen LogP contribution in [0.25, 0.3) is 0 Å². The summed E-state index contributed by atoms with van der Waals surface area (Å²) in [6.07, 6.45) is 2.57. The Hall–Kier alpha value is -1.53. The summed E-state index contributed by atoms with van der Waals surface area (Å²) in [5, 5.41) is 9.30. The molecular formula is C18H24N2O3S. The van der Waals surface area contributed by atoms with Gasteiger partial charge in [-0.1, -0.05) is 23.9 Å². The Morgan fingerprint density at radius 3 is 2.67 bits per heavy atom. The van der Waals surface area contributed by atoms with Crippen LogP contribution in [-0.4, -0.2) is 27.7 Å². The molecule has 0 spiro atoms. The third-order valence-electron chi connectivity index (χ3n) is 4.06. The normalized spacial score (nSPS) is 24.1. The Labute approximate surface area is 147 Å². The van der Waals surface area contributed by atoms with Gasteiger partial charge in [-0.25, -0.2) is 0 Å². The van der Waals surface area contributed by atoms with E-state index in [1.807, 2.05) is 26.0 Å². The average molecular weight is 348 g/mol. The zero-order valence-electron chi connectivity index (χ0n) is 14.6. The molecule has 1 aromatic carbocycles. The number of thioether (sulfide) groups is 1. The van der Waals surface area contributed by atoms with Crippen molar-refractivity contribution in [3.63, 3.8) is 0 Å². The second kappa shape index (κ2) is 7.57. The fraction of sp³-hybridized carbons (Fsp3) is 0.556. The summed E-state index contributed by atoms with van der Waals surface area (Å²) in [4.78, 5) is 0. The summed E-state index contributed by atoms with van der Waals surface area (Å²) in [7, 11) is 0. The van der Waals surface area contributed by atoms with Gasteiger partial charge in [0.25, 0.3) is 11.1 Å². The molecule has 130 valence electrons. The van der Waals surface area contributed by atoms with E-state index in [0.717, 1.165) is 24.2 Å². The minimum Gasteiger partial charge on any atom is -0.484 e. The zero-order valence-corrected chi connectivity index (χ0v) is 15.4. The molecule has 2 atom stereocenters. The molecular weight excluding hydrogens is 324 g/mol. The van der Waals surface area contributed by atoms with Crippen LogP contribution < -0.4 is 4.74 Å². The second-order valence-electron chi connectivity index (χ2n) is 6.49. The third kappa shape index (κ3) is 4.51. The molecule has 1 aliphatic rings. The van der Waals surface area contributed by atoms with Gasteiger partial charge in [-0.2, -0.15) is 0 Å². The Morgan fingerprint density at radius 2 is 1.92 bits per heavy atom. The predicted molar refractivity (Wildman–Crippen MR) is 93.4 cm³/mol. The molecule has 24 heavy (non-hydrogen) atoms. The maximum Gasteiger partial charge on any atom is 0.276 e. The van der Waals surface area contributed by atoms with Crippen LogP contribution in [0.15, 0.2) is 27.8 Å². The first-order valence-electron chi connectivity index (χ1n) is 8.34. The standard InChI is InChI=1S/C18H24N2O3S/c1-11-5-6-12(2)16(7-11)21-10-17-19-20-18(23-17)24-15-8-13(3)22-14(4)9-15/h5-7,13-15H,8-10H2,1-4H3/t13-,14-/m1/s1. The van der Waals surface area contributed by atoms with Gasteiger partial charge in [-0.05, 0) is 57.7 Å². The van der Waals surface area contributed by atoms with Crippen LogP contribution >= 0.6 is 11.8 Å². The van der Waals surface area contributed by atoms with Gasteiger partial charge in [-0.15, -0.1) is 10.2 Å². The van der Waals surface area contributed by atoms with Crippen LogP contribution in [0, 0.1) is 13.8 Å². The first kappa shape index (κ1) is 17.3. The van der Waals surface area contributed by atoms with Crippen LogP contribution in [-0.2, 0) is 11.3 Å². The Balaban J connectivity index is 1.56. The highest BCUT2D eigenvalue weighted by atomic mass is 32.2. The molecule has 0 radical (unpaired) electrons. The molecule has 0 aliphatic carbocycles. The van der Waals surface area contributed by atoms with Crippen LogP contribution in [0.4, 0.5) is 0 Å². The van der Waals surface area contributed by atoms with Crippen molar-refractivity contribution in [2.45, 2.75) is 69.8 Å². The maximum absolute atomic E-state index is 5.82. The first-order valence-corrected chi connectivity index (χ1v) is 9.22. The highest BCUT2D eigenvalue weighted by Crippen LogP contribution is 2.33. The Kier molecular flexibility index (Phi) is 5.46. The Bertz CT molecular complexity index is 679. The number of hydrogen-bond acceptors (Lipinski definition) is 6.